The van der Waals surface area contributed by atoms with Crippen molar-refractivity contribution < 1.29 is 9.53 Å². The van der Waals surface area contributed by atoms with Gasteiger partial charge in [0.05, 0.1) is 6.61 Å². The largest absolute Gasteiger partial charge is 0.466 e. The van der Waals surface area contributed by atoms with Gasteiger partial charge in [-0.2, -0.15) is 0 Å². The molecule has 0 amide bonds. The van der Waals surface area contributed by atoms with Gasteiger partial charge in [-0.1, -0.05) is 139 Å². The van der Waals surface area contributed by atoms with Crippen LogP contribution in [0.25, 0.3) is 0 Å². The lowest BCUT2D eigenvalue weighted by atomic mass is 9.91. The van der Waals surface area contributed by atoms with Gasteiger partial charge in [0.15, 0.2) is 0 Å². The third kappa shape index (κ3) is 22.6. The fourth-order valence-corrected chi connectivity index (χ4v) is 4.56. The van der Waals surface area contributed by atoms with E-state index in [4.69, 9.17) is 4.74 Å². The summed E-state index contributed by atoms with van der Waals surface area (Å²) in [5, 5.41) is 1.09. The molecule has 0 aromatic carbocycles. The summed E-state index contributed by atoms with van der Waals surface area (Å²) in [6.45, 7) is 5.20. The van der Waals surface area contributed by atoms with Crippen molar-refractivity contribution in [2.45, 2.75) is 149 Å². The van der Waals surface area contributed by atoms with Crippen molar-refractivity contribution in [3.63, 3.8) is 0 Å². The molecule has 0 aromatic heterocycles. The van der Waals surface area contributed by atoms with E-state index in [9.17, 15) is 4.79 Å². The number of hydrogen-bond donors (Lipinski definition) is 0. The van der Waals surface area contributed by atoms with Crippen molar-refractivity contribution in [1.29, 1.82) is 0 Å². The minimum atomic E-state index is 0.0216. The average Bonchev–Trinajstić information content (AvgIpc) is 2.75. The molecule has 0 saturated heterocycles. The fourth-order valence-electron chi connectivity index (χ4n) is 4.17. The van der Waals surface area contributed by atoms with E-state index in [2.05, 4.69) is 29.8 Å². The Morgan fingerprint density at radius 1 is 0.633 bits per heavy atom. The summed E-state index contributed by atoms with van der Waals surface area (Å²) in [6.07, 6.45) is 26.6. The van der Waals surface area contributed by atoms with Crippen LogP contribution in [-0.2, 0) is 9.53 Å². The van der Waals surface area contributed by atoms with Crippen molar-refractivity contribution in [3.05, 3.63) is 0 Å². The highest BCUT2D eigenvalue weighted by Crippen LogP contribution is 2.22. The smallest absolute Gasteiger partial charge is 0.305 e. The number of rotatable bonds is 24. The predicted octanol–water partition coefficient (Wildman–Crippen LogP) is 9.77. The van der Waals surface area contributed by atoms with Gasteiger partial charge in [0, 0.05) is 11.8 Å². The van der Waals surface area contributed by atoms with E-state index in [0.717, 1.165) is 30.5 Å². The van der Waals surface area contributed by atoms with Crippen molar-refractivity contribution in [1.82, 2.24) is 0 Å². The van der Waals surface area contributed by atoms with Crippen LogP contribution in [-0.4, -0.2) is 17.9 Å². The van der Waals surface area contributed by atoms with Gasteiger partial charge < -0.3 is 4.74 Å². The standard InChI is InChI=1S/C27H53BrO2/c1-3-5-7-9-12-16-20-26(21-17-13-10-8-6-4-2)23-25-30-27(29)22-18-14-11-15-19-24-28/h26H,3-25H2,1-2H3. The number of unbranched alkanes of at least 4 members (excludes halogenated alkanes) is 14. The number of alkyl halides is 1. The molecule has 0 atom stereocenters. The lowest BCUT2D eigenvalue weighted by Gasteiger charge is -2.17. The molecular formula is C27H53BrO2. The zero-order valence-corrected chi connectivity index (χ0v) is 22.1. The topological polar surface area (TPSA) is 26.3 Å². The van der Waals surface area contributed by atoms with Gasteiger partial charge in [0.1, 0.15) is 0 Å². The van der Waals surface area contributed by atoms with Crippen molar-refractivity contribution >= 4 is 21.9 Å². The monoisotopic (exact) mass is 488 g/mol. The van der Waals surface area contributed by atoms with Crippen LogP contribution in [0.5, 0.6) is 0 Å². The third-order valence-corrected chi connectivity index (χ3v) is 6.80. The van der Waals surface area contributed by atoms with Gasteiger partial charge in [-0.05, 0) is 25.2 Å². The first-order valence-corrected chi connectivity index (χ1v) is 14.6. The van der Waals surface area contributed by atoms with Gasteiger partial charge in [-0.25, -0.2) is 0 Å². The molecule has 0 unspecified atom stereocenters. The molecule has 0 aromatic rings. The molecule has 0 spiro atoms. The van der Waals surface area contributed by atoms with E-state index in [1.54, 1.807) is 0 Å². The van der Waals surface area contributed by atoms with Gasteiger partial charge in [0.2, 0.25) is 0 Å². The maximum Gasteiger partial charge on any atom is 0.305 e. The summed E-state index contributed by atoms with van der Waals surface area (Å²) in [5.41, 5.74) is 0. The summed E-state index contributed by atoms with van der Waals surface area (Å²) >= 11 is 3.47. The zero-order chi connectivity index (χ0) is 22.1. The molecule has 0 bridgehead atoms. The molecule has 0 aliphatic heterocycles. The van der Waals surface area contributed by atoms with Crippen LogP contribution in [0, 0.1) is 5.92 Å². The molecule has 0 aliphatic rings. The fraction of sp³-hybridized carbons (Fsp3) is 0.963. The maximum absolute atomic E-state index is 12.0. The molecule has 0 heterocycles. The molecule has 0 fully saturated rings. The highest BCUT2D eigenvalue weighted by molar-refractivity contribution is 9.09. The molecule has 0 aliphatic carbocycles. The molecule has 2 nitrogen and oxygen atoms in total. The number of carbonyl (C=O) groups is 1. The number of esters is 1. The minimum Gasteiger partial charge on any atom is -0.466 e. The van der Waals surface area contributed by atoms with Gasteiger partial charge in [-0.3, -0.25) is 4.79 Å². The summed E-state index contributed by atoms with van der Waals surface area (Å²) in [4.78, 5) is 12.0. The highest BCUT2D eigenvalue weighted by Gasteiger charge is 2.11. The van der Waals surface area contributed by atoms with E-state index in [1.165, 1.54) is 109 Å². The second kappa shape index (κ2) is 25.2. The molecule has 0 rings (SSSR count). The lowest BCUT2D eigenvalue weighted by molar-refractivity contribution is -0.144. The third-order valence-electron chi connectivity index (χ3n) is 6.24. The maximum atomic E-state index is 12.0. The van der Waals surface area contributed by atoms with Crippen LogP contribution in [0.2, 0.25) is 0 Å². The Balaban J connectivity index is 3.92. The molecule has 180 valence electrons. The summed E-state index contributed by atoms with van der Waals surface area (Å²) in [7, 11) is 0. The zero-order valence-electron chi connectivity index (χ0n) is 20.5. The lowest BCUT2D eigenvalue weighted by Crippen LogP contribution is -2.10. The average molecular weight is 490 g/mol. The van der Waals surface area contributed by atoms with Crippen LogP contribution in [0.15, 0.2) is 0 Å². The molecule has 0 saturated carbocycles. The normalized spacial score (nSPS) is 11.3. The first-order valence-electron chi connectivity index (χ1n) is 13.5. The van der Waals surface area contributed by atoms with Gasteiger partial charge in [0.25, 0.3) is 0 Å². The summed E-state index contributed by atoms with van der Waals surface area (Å²) < 4.78 is 5.57. The van der Waals surface area contributed by atoms with Crippen LogP contribution in [0.4, 0.5) is 0 Å². The molecule has 0 radical (unpaired) electrons. The van der Waals surface area contributed by atoms with Gasteiger partial charge >= 0.3 is 5.97 Å². The molecular weight excluding hydrogens is 436 g/mol. The van der Waals surface area contributed by atoms with Crippen molar-refractivity contribution in [2.24, 2.45) is 5.92 Å². The van der Waals surface area contributed by atoms with Crippen molar-refractivity contribution in [3.8, 4) is 0 Å². The predicted molar refractivity (Wildman–Crippen MR) is 137 cm³/mol. The number of hydrogen-bond acceptors (Lipinski definition) is 2. The summed E-state index contributed by atoms with van der Waals surface area (Å²) in [5.74, 6) is 0.771. The molecule has 30 heavy (non-hydrogen) atoms. The second-order valence-electron chi connectivity index (χ2n) is 9.19. The second-order valence-corrected chi connectivity index (χ2v) is 9.99. The minimum absolute atomic E-state index is 0.0216. The Bertz CT molecular complexity index is 330. The Kier molecular flexibility index (Phi) is 25.2. The van der Waals surface area contributed by atoms with Crippen LogP contribution >= 0.6 is 15.9 Å². The van der Waals surface area contributed by atoms with Crippen LogP contribution in [0.3, 0.4) is 0 Å². The highest BCUT2D eigenvalue weighted by atomic mass is 79.9. The van der Waals surface area contributed by atoms with E-state index in [-0.39, 0.29) is 5.97 Å². The Morgan fingerprint density at radius 3 is 1.63 bits per heavy atom. The SMILES string of the molecule is CCCCCCCCC(CCCCCCCC)CCOC(=O)CCCCCCCBr. The van der Waals surface area contributed by atoms with E-state index < -0.39 is 0 Å². The Morgan fingerprint density at radius 2 is 1.10 bits per heavy atom. The number of halogens is 1. The first kappa shape index (κ1) is 29.9. The van der Waals surface area contributed by atoms with Gasteiger partial charge in [-0.15, -0.1) is 0 Å². The molecule has 0 N–H and O–H groups in total. The molecule has 3 heteroatoms. The van der Waals surface area contributed by atoms with Crippen LogP contribution < -0.4 is 0 Å². The number of carbonyl (C=O) groups excluding carboxylic acids is 1. The number of ether oxygens (including phenoxy) is 1. The van der Waals surface area contributed by atoms with Crippen molar-refractivity contribution in [2.75, 3.05) is 11.9 Å². The quantitative estimate of drug-likeness (QED) is 0.0766. The summed E-state index contributed by atoms with van der Waals surface area (Å²) in [6, 6.07) is 0. The Hall–Kier alpha value is -0.0500. The van der Waals surface area contributed by atoms with E-state index >= 15 is 0 Å². The van der Waals surface area contributed by atoms with E-state index in [0.29, 0.717) is 13.0 Å². The van der Waals surface area contributed by atoms with E-state index in [1.807, 2.05) is 0 Å². The first-order chi connectivity index (χ1) is 14.7. The van der Waals surface area contributed by atoms with Crippen LogP contribution in [0.1, 0.15) is 149 Å². The Labute approximate surface area is 197 Å².